The summed E-state index contributed by atoms with van der Waals surface area (Å²) in [6.07, 6.45) is 7.92. The van der Waals surface area contributed by atoms with Crippen LogP contribution in [0.4, 0.5) is 10.6 Å². The lowest BCUT2D eigenvalue weighted by Crippen LogP contribution is -2.42. The van der Waals surface area contributed by atoms with Crippen molar-refractivity contribution in [3.05, 3.63) is 42.4 Å². The van der Waals surface area contributed by atoms with Gasteiger partial charge < -0.3 is 15.5 Å². The topological polar surface area (TPSA) is 75.1 Å². The molecule has 3 rings (SSSR count). The van der Waals surface area contributed by atoms with Crippen LogP contribution < -0.4 is 15.5 Å². The molecule has 1 aliphatic rings. The average molecular weight is 328 g/mol. The second kappa shape index (κ2) is 7.81. The van der Waals surface area contributed by atoms with Gasteiger partial charge in [-0.2, -0.15) is 5.10 Å². The summed E-state index contributed by atoms with van der Waals surface area (Å²) in [4.78, 5) is 18.7. The second-order valence-corrected chi connectivity index (χ2v) is 6.17. The summed E-state index contributed by atoms with van der Waals surface area (Å²) in [5.74, 6) is 1.02. The Hall–Kier alpha value is -2.57. The lowest BCUT2D eigenvalue weighted by atomic mass is 10.3. The van der Waals surface area contributed by atoms with Gasteiger partial charge in [0.1, 0.15) is 5.82 Å². The molecule has 2 aromatic rings. The zero-order chi connectivity index (χ0) is 16.8. The van der Waals surface area contributed by atoms with Crippen LogP contribution in [0.25, 0.3) is 0 Å². The van der Waals surface area contributed by atoms with Gasteiger partial charge in [0.2, 0.25) is 0 Å². The van der Waals surface area contributed by atoms with Crippen LogP contribution in [0.2, 0.25) is 0 Å². The van der Waals surface area contributed by atoms with E-state index in [1.165, 1.54) is 12.8 Å². The van der Waals surface area contributed by atoms with E-state index < -0.39 is 0 Å². The van der Waals surface area contributed by atoms with Crippen molar-refractivity contribution in [1.29, 1.82) is 0 Å². The highest BCUT2D eigenvalue weighted by atomic mass is 16.2. The Labute approximate surface area is 142 Å². The highest BCUT2D eigenvalue weighted by Gasteiger charge is 2.13. The standard InChI is InChI=1S/C17H24N6O/c1-14(13-23-10-4-7-20-23)21-17(24)19-12-15-5-6-16(18-11-15)22-8-2-3-9-22/h4-7,10-11,14H,2-3,8-9,12-13H2,1H3,(H2,19,21,24)/t14-/m1/s1. The van der Waals surface area contributed by atoms with Gasteiger partial charge in [0, 0.05) is 44.3 Å². The molecule has 0 bridgehead atoms. The van der Waals surface area contributed by atoms with Gasteiger partial charge in [-0.05, 0) is 37.5 Å². The van der Waals surface area contributed by atoms with Crippen molar-refractivity contribution in [1.82, 2.24) is 25.4 Å². The quantitative estimate of drug-likeness (QED) is 0.847. The number of anilines is 1. The van der Waals surface area contributed by atoms with E-state index >= 15 is 0 Å². The molecule has 2 aromatic heterocycles. The van der Waals surface area contributed by atoms with Gasteiger partial charge in [-0.1, -0.05) is 6.07 Å². The van der Waals surface area contributed by atoms with Gasteiger partial charge in [-0.3, -0.25) is 4.68 Å². The molecular formula is C17H24N6O. The predicted octanol–water partition coefficient (Wildman–Crippen LogP) is 1.77. The molecule has 0 spiro atoms. The number of nitrogens with one attached hydrogen (secondary N) is 2. The summed E-state index contributed by atoms with van der Waals surface area (Å²) in [6.45, 7) is 5.23. The lowest BCUT2D eigenvalue weighted by Gasteiger charge is -2.17. The minimum Gasteiger partial charge on any atom is -0.357 e. The fraction of sp³-hybridized carbons (Fsp3) is 0.471. The van der Waals surface area contributed by atoms with Crippen molar-refractivity contribution in [2.75, 3.05) is 18.0 Å². The highest BCUT2D eigenvalue weighted by Crippen LogP contribution is 2.17. The number of urea groups is 1. The van der Waals surface area contributed by atoms with Gasteiger partial charge in [-0.25, -0.2) is 9.78 Å². The molecule has 1 fully saturated rings. The normalized spacial score (nSPS) is 15.3. The molecule has 1 aliphatic heterocycles. The first kappa shape index (κ1) is 16.3. The summed E-state index contributed by atoms with van der Waals surface area (Å²) in [7, 11) is 0. The van der Waals surface area contributed by atoms with E-state index in [4.69, 9.17) is 0 Å². The van der Waals surface area contributed by atoms with Crippen LogP contribution in [0.5, 0.6) is 0 Å². The number of hydrogen-bond donors (Lipinski definition) is 2. The Bertz CT molecular complexity index is 634. The molecule has 1 atom stereocenters. The zero-order valence-electron chi connectivity index (χ0n) is 14.0. The molecule has 2 amide bonds. The third-order valence-electron chi connectivity index (χ3n) is 4.09. The number of aromatic nitrogens is 3. The van der Waals surface area contributed by atoms with Crippen molar-refractivity contribution in [2.45, 2.75) is 38.9 Å². The summed E-state index contributed by atoms with van der Waals surface area (Å²) < 4.78 is 1.80. The van der Waals surface area contributed by atoms with Gasteiger partial charge in [-0.15, -0.1) is 0 Å². The fourth-order valence-corrected chi connectivity index (χ4v) is 2.85. The van der Waals surface area contributed by atoms with E-state index in [0.29, 0.717) is 13.1 Å². The molecule has 128 valence electrons. The molecule has 0 radical (unpaired) electrons. The number of pyridine rings is 1. The van der Waals surface area contributed by atoms with Crippen molar-refractivity contribution in [3.8, 4) is 0 Å². The number of nitrogens with zero attached hydrogens (tertiary/aromatic N) is 4. The van der Waals surface area contributed by atoms with Gasteiger partial charge >= 0.3 is 6.03 Å². The first-order valence-electron chi connectivity index (χ1n) is 8.42. The monoisotopic (exact) mass is 328 g/mol. The fourth-order valence-electron chi connectivity index (χ4n) is 2.85. The Morgan fingerprint density at radius 3 is 2.83 bits per heavy atom. The van der Waals surface area contributed by atoms with Gasteiger partial charge in [0.15, 0.2) is 0 Å². The van der Waals surface area contributed by atoms with Crippen LogP contribution in [-0.4, -0.2) is 39.9 Å². The van der Waals surface area contributed by atoms with Crippen molar-refractivity contribution >= 4 is 11.8 Å². The average Bonchev–Trinajstić information content (AvgIpc) is 3.27. The molecule has 7 nitrogen and oxygen atoms in total. The molecule has 24 heavy (non-hydrogen) atoms. The van der Waals surface area contributed by atoms with Crippen LogP contribution in [0.3, 0.4) is 0 Å². The molecule has 0 saturated carbocycles. The molecular weight excluding hydrogens is 304 g/mol. The van der Waals surface area contributed by atoms with Crippen LogP contribution in [0.15, 0.2) is 36.8 Å². The Morgan fingerprint density at radius 1 is 1.33 bits per heavy atom. The van der Waals surface area contributed by atoms with E-state index in [0.717, 1.165) is 24.5 Å². The Kier molecular flexibility index (Phi) is 5.30. The maximum Gasteiger partial charge on any atom is 0.315 e. The summed E-state index contributed by atoms with van der Waals surface area (Å²) in [5.41, 5.74) is 0.993. The van der Waals surface area contributed by atoms with Crippen molar-refractivity contribution in [3.63, 3.8) is 0 Å². The third-order valence-corrected chi connectivity index (χ3v) is 4.09. The molecule has 0 unspecified atom stereocenters. The smallest absolute Gasteiger partial charge is 0.315 e. The Morgan fingerprint density at radius 2 is 2.17 bits per heavy atom. The number of rotatable bonds is 6. The second-order valence-electron chi connectivity index (χ2n) is 6.17. The first-order chi connectivity index (χ1) is 11.7. The third kappa shape index (κ3) is 4.47. The number of carbonyl (C=O) groups is 1. The minimum atomic E-state index is -0.182. The lowest BCUT2D eigenvalue weighted by molar-refractivity contribution is 0.235. The molecule has 7 heteroatoms. The SMILES string of the molecule is C[C@H](Cn1cccn1)NC(=O)NCc1ccc(N2CCCC2)nc1. The van der Waals surface area contributed by atoms with Crippen LogP contribution in [0.1, 0.15) is 25.3 Å². The molecule has 2 N–H and O–H groups in total. The first-order valence-corrected chi connectivity index (χ1v) is 8.42. The summed E-state index contributed by atoms with van der Waals surface area (Å²) in [6, 6.07) is 5.74. The van der Waals surface area contributed by atoms with Crippen molar-refractivity contribution < 1.29 is 4.79 Å². The summed E-state index contributed by atoms with van der Waals surface area (Å²) in [5, 5.41) is 9.90. The maximum absolute atomic E-state index is 12.0. The maximum atomic E-state index is 12.0. The summed E-state index contributed by atoms with van der Waals surface area (Å²) >= 11 is 0. The predicted molar refractivity (Wildman–Crippen MR) is 92.7 cm³/mol. The van der Waals surface area contributed by atoms with Gasteiger partial charge in [0.25, 0.3) is 0 Å². The van der Waals surface area contributed by atoms with Crippen molar-refractivity contribution in [2.24, 2.45) is 0 Å². The highest BCUT2D eigenvalue weighted by molar-refractivity contribution is 5.74. The molecule has 1 saturated heterocycles. The number of carbonyl (C=O) groups excluding carboxylic acids is 1. The minimum absolute atomic E-state index is 0.000526. The number of hydrogen-bond acceptors (Lipinski definition) is 4. The molecule has 0 aromatic carbocycles. The zero-order valence-corrected chi connectivity index (χ0v) is 14.0. The van der Waals surface area contributed by atoms with Gasteiger partial charge in [0.05, 0.1) is 6.54 Å². The van der Waals surface area contributed by atoms with E-state index in [9.17, 15) is 4.79 Å². The van der Waals surface area contributed by atoms with Crippen LogP contribution in [-0.2, 0) is 13.1 Å². The molecule has 0 aliphatic carbocycles. The van der Waals surface area contributed by atoms with Crippen LogP contribution in [0, 0.1) is 0 Å². The van der Waals surface area contributed by atoms with E-state index in [-0.39, 0.29) is 12.1 Å². The van der Waals surface area contributed by atoms with Crippen LogP contribution >= 0.6 is 0 Å². The van der Waals surface area contributed by atoms with E-state index in [2.05, 4.69) is 25.6 Å². The van der Waals surface area contributed by atoms with E-state index in [1.54, 1.807) is 10.9 Å². The Balaban J connectivity index is 1.42. The molecule has 3 heterocycles. The largest absolute Gasteiger partial charge is 0.357 e. The van der Waals surface area contributed by atoms with E-state index in [1.807, 2.05) is 37.5 Å². The number of amides is 2.